The van der Waals surface area contributed by atoms with E-state index < -0.39 is 5.60 Å². The highest BCUT2D eigenvalue weighted by atomic mass is 79.9. The Balaban J connectivity index is 2.05. The second-order valence-electron chi connectivity index (χ2n) is 6.39. The Hall–Kier alpha value is -1.57. The molecule has 1 saturated heterocycles. The minimum absolute atomic E-state index is 0.271. The number of amides is 1. The highest BCUT2D eigenvalue weighted by Gasteiger charge is 2.27. The number of hydrogen-bond donors (Lipinski definition) is 0. The van der Waals surface area contributed by atoms with Crippen LogP contribution in [0.4, 0.5) is 10.6 Å². The lowest BCUT2D eigenvalue weighted by Gasteiger charge is -2.36. The van der Waals surface area contributed by atoms with Gasteiger partial charge in [0.2, 0.25) is 0 Å². The first-order valence-electron chi connectivity index (χ1n) is 7.52. The number of halogens is 1. The highest BCUT2D eigenvalue weighted by Crippen LogP contribution is 2.29. The van der Waals surface area contributed by atoms with Gasteiger partial charge in [-0.15, -0.1) is 0 Å². The van der Waals surface area contributed by atoms with Crippen molar-refractivity contribution >= 4 is 27.8 Å². The van der Waals surface area contributed by atoms with Gasteiger partial charge < -0.3 is 19.3 Å². The van der Waals surface area contributed by atoms with Gasteiger partial charge in [0.05, 0.1) is 17.3 Å². The average molecular weight is 387 g/mol. The molecule has 0 radical (unpaired) electrons. The average Bonchev–Trinajstić information content (AvgIpc) is 2.48. The zero-order valence-electron chi connectivity index (χ0n) is 14.2. The van der Waals surface area contributed by atoms with E-state index in [0.717, 1.165) is 16.0 Å². The van der Waals surface area contributed by atoms with Crippen molar-refractivity contribution in [1.29, 1.82) is 0 Å². The predicted octanol–water partition coefficient (Wildman–Crippen LogP) is 2.61. The highest BCUT2D eigenvalue weighted by molar-refractivity contribution is 9.10. The van der Waals surface area contributed by atoms with Gasteiger partial charge in [-0.05, 0) is 43.6 Å². The van der Waals surface area contributed by atoms with Crippen LogP contribution in [0.15, 0.2) is 4.47 Å². The molecule has 23 heavy (non-hydrogen) atoms. The van der Waals surface area contributed by atoms with Crippen molar-refractivity contribution in [2.24, 2.45) is 0 Å². The molecule has 0 spiro atoms. The maximum Gasteiger partial charge on any atom is 0.410 e. The van der Waals surface area contributed by atoms with Gasteiger partial charge >= 0.3 is 12.1 Å². The van der Waals surface area contributed by atoms with Crippen LogP contribution in [-0.4, -0.2) is 59.9 Å². The van der Waals surface area contributed by atoms with E-state index in [1.54, 1.807) is 12.0 Å². The number of aryl methyl sites for hydroxylation is 1. The maximum atomic E-state index is 12.1. The summed E-state index contributed by atoms with van der Waals surface area (Å²) >= 11 is 3.54. The molecule has 0 unspecified atom stereocenters. The summed E-state index contributed by atoms with van der Waals surface area (Å²) in [6.07, 6.45) is -0.271. The molecule has 0 aromatic carbocycles. The molecule has 2 heterocycles. The van der Waals surface area contributed by atoms with E-state index in [1.807, 2.05) is 27.7 Å². The number of hydrogen-bond acceptors (Lipinski definition) is 6. The van der Waals surface area contributed by atoms with E-state index >= 15 is 0 Å². The number of aromatic nitrogens is 2. The lowest BCUT2D eigenvalue weighted by atomic mass is 10.2. The second-order valence-corrected chi connectivity index (χ2v) is 7.18. The number of rotatable bonds is 2. The van der Waals surface area contributed by atoms with Gasteiger partial charge in [0.25, 0.3) is 0 Å². The Bertz CT molecular complexity index is 581. The molecule has 8 heteroatoms. The standard InChI is InChI=1S/C15H23BrN4O3/c1-10-11(16)12(18-13(17-10)22-5)19-6-8-20(9-7-19)14(21)23-15(2,3)4/h6-9H2,1-5H3. The Morgan fingerprint density at radius 2 is 1.78 bits per heavy atom. The quantitative estimate of drug-likeness (QED) is 0.777. The molecule has 128 valence electrons. The van der Waals surface area contributed by atoms with Crippen LogP contribution in [0.25, 0.3) is 0 Å². The number of carbonyl (C=O) groups is 1. The van der Waals surface area contributed by atoms with Gasteiger partial charge in [-0.25, -0.2) is 4.79 Å². The van der Waals surface area contributed by atoms with E-state index in [1.165, 1.54) is 0 Å². The lowest BCUT2D eigenvalue weighted by molar-refractivity contribution is 0.0240. The second kappa shape index (κ2) is 6.90. The third kappa shape index (κ3) is 4.46. The third-order valence-electron chi connectivity index (χ3n) is 3.39. The molecule has 1 aliphatic heterocycles. The van der Waals surface area contributed by atoms with Crippen LogP contribution < -0.4 is 9.64 Å². The number of carbonyl (C=O) groups excluding carboxylic acids is 1. The minimum atomic E-state index is -0.478. The maximum absolute atomic E-state index is 12.1. The van der Waals surface area contributed by atoms with Gasteiger partial charge in [-0.2, -0.15) is 9.97 Å². The lowest BCUT2D eigenvalue weighted by Crippen LogP contribution is -2.50. The predicted molar refractivity (Wildman–Crippen MR) is 91.0 cm³/mol. The molecule has 0 N–H and O–H groups in total. The van der Waals surface area contributed by atoms with Crippen LogP contribution in [0.2, 0.25) is 0 Å². The number of nitrogens with zero attached hydrogens (tertiary/aromatic N) is 4. The van der Waals surface area contributed by atoms with Crippen LogP contribution in [0, 0.1) is 6.92 Å². The van der Waals surface area contributed by atoms with Gasteiger partial charge in [-0.1, -0.05) is 0 Å². The fourth-order valence-electron chi connectivity index (χ4n) is 2.25. The van der Waals surface area contributed by atoms with Crippen molar-refractivity contribution in [3.05, 3.63) is 10.2 Å². The van der Waals surface area contributed by atoms with E-state index in [2.05, 4.69) is 30.8 Å². The molecule has 0 saturated carbocycles. The normalized spacial score (nSPS) is 15.6. The monoisotopic (exact) mass is 386 g/mol. The third-order valence-corrected chi connectivity index (χ3v) is 4.32. The fourth-order valence-corrected chi connectivity index (χ4v) is 2.68. The van der Waals surface area contributed by atoms with Crippen molar-refractivity contribution in [2.75, 3.05) is 38.2 Å². The fraction of sp³-hybridized carbons (Fsp3) is 0.667. The first-order valence-corrected chi connectivity index (χ1v) is 8.31. The minimum Gasteiger partial charge on any atom is -0.467 e. The molecular weight excluding hydrogens is 364 g/mol. The molecular formula is C15H23BrN4O3. The molecule has 1 amide bonds. The van der Waals surface area contributed by atoms with Crippen LogP contribution in [0.3, 0.4) is 0 Å². The van der Waals surface area contributed by atoms with Crippen molar-refractivity contribution in [3.63, 3.8) is 0 Å². The summed E-state index contributed by atoms with van der Waals surface area (Å²) in [5, 5.41) is 0. The van der Waals surface area contributed by atoms with Gasteiger partial charge in [0.15, 0.2) is 5.82 Å². The molecule has 0 aliphatic carbocycles. The Labute approximate surface area is 145 Å². The SMILES string of the molecule is COc1nc(C)c(Br)c(N2CCN(C(=O)OC(C)(C)C)CC2)n1. The summed E-state index contributed by atoms with van der Waals surface area (Å²) in [5.74, 6) is 0.790. The van der Waals surface area contributed by atoms with Crippen LogP contribution in [0.5, 0.6) is 6.01 Å². The van der Waals surface area contributed by atoms with E-state index in [9.17, 15) is 4.79 Å². The van der Waals surface area contributed by atoms with Crippen molar-refractivity contribution in [3.8, 4) is 6.01 Å². The zero-order chi connectivity index (χ0) is 17.2. The van der Waals surface area contributed by atoms with Crippen LogP contribution >= 0.6 is 15.9 Å². The number of methoxy groups -OCH3 is 1. The van der Waals surface area contributed by atoms with Crippen LogP contribution in [-0.2, 0) is 4.74 Å². The number of ether oxygens (including phenoxy) is 2. The topological polar surface area (TPSA) is 67.8 Å². The summed E-state index contributed by atoms with van der Waals surface area (Å²) in [4.78, 5) is 24.6. The summed E-state index contributed by atoms with van der Waals surface area (Å²) in [6.45, 7) is 10.0. The molecule has 1 aromatic heterocycles. The summed E-state index contributed by atoms with van der Waals surface area (Å²) in [5.41, 5.74) is 0.343. The van der Waals surface area contributed by atoms with Crippen molar-refractivity contribution in [2.45, 2.75) is 33.3 Å². The van der Waals surface area contributed by atoms with Gasteiger partial charge in [0, 0.05) is 26.2 Å². The van der Waals surface area contributed by atoms with E-state index in [-0.39, 0.29) is 6.09 Å². The smallest absolute Gasteiger partial charge is 0.410 e. The molecule has 7 nitrogen and oxygen atoms in total. The van der Waals surface area contributed by atoms with Crippen molar-refractivity contribution < 1.29 is 14.3 Å². The summed E-state index contributed by atoms with van der Waals surface area (Å²) < 4.78 is 11.4. The molecule has 1 aromatic rings. The summed E-state index contributed by atoms with van der Waals surface area (Å²) in [6, 6.07) is 0.343. The van der Waals surface area contributed by atoms with Crippen molar-refractivity contribution in [1.82, 2.24) is 14.9 Å². The van der Waals surface area contributed by atoms with Crippen LogP contribution in [0.1, 0.15) is 26.5 Å². The molecule has 0 bridgehead atoms. The Morgan fingerprint density at radius 3 is 2.30 bits per heavy atom. The molecule has 1 aliphatic rings. The number of anilines is 1. The Kier molecular flexibility index (Phi) is 5.33. The molecule has 1 fully saturated rings. The largest absolute Gasteiger partial charge is 0.467 e. The first-order chi connectivity index (χ1) is 10.7. The van der Waals surface area contributed by atoms with Gasteiger partial charge in [0.1, 0.15) is 5.60 Å². The molecule has 0 atom stereocenters. The Morgan fingerprint density at radius 1 is 1.17 bits per heavy atom. The first kappa shape index (κ1) is 17.8. The van der Waals surface area contributed by atoms with E-state index in [0.29, 0.717) is 32.2 Å². The van der Waals surface area contributed by atoms with Gasteiger partial charge in [-0.3, -0.25) is 0 Å². The number of piperazine rings is 1. The molecule has 2 rings (SSSR count). The van der Waals surface area contributed by atoms with E-state index in [4.69, 9.17) is 9.47 Å². The zero-order valence-corrected chi connectivity index (χ0v) is 15.8. The summed E-state index contributed by atoms with van der Waals surface area (Å²) in [7, 11) is 1.55.